The average Bonchev–Trinajstić information content (AvgIpc) is 2.59. The van der Waals surface area contributed by atoms with E-state index in [0.29, 0.717) is 17.7 Å². The van der Waals surface area contributed by atoms with Crippen molar-refractivity contribution >= 4 is 39.1 Å². The van der Waals surface area contributed by atoms with Gasteiger partial charge in [-0.05, 0) is 42.2 Å². The molecular formula is C19H20BrN5. The summed E-state index contributed by atoms with van der Waals surface area (Å²) in [6, 6.07) is 14.2. The fourth-order valence-corrected chi connectivity index (χ4v) is 2.85. The van der Waals surface area contributed by atoms with Gasteiger partial charge in [-0.25, -0.2) is 0 Å². The largest absolute Gasteiger partial charge is 0.339 e. The monoisotopic (exact) mass is 397 g/mol. The highest BCUT2D eigenvalue weighted by Crippen LogP contribution is 2.27. The molecule has 0 saturated carbocycles. The molecule has 2 aromatic carbocycles. The van der Waals surface area contributed by atoms with Crippen LogP contribution in [0.3, 0.4) is 0 Å². The van der Waals surface area contributed by atoms with E-state index in [1.165, 1.54) is 11.1 Å². The van der Waals surface area contributed by atoms with Gasteiger partial charge in [0.2, 0.25) is 5.95 Å². The lowest BCUT2D eigenvalue weighted by atomic mass is 10.0. The van der Waals surface area contributed by atoms with Crippen molar-refractivity contribution in [3.8, 4) is 0 Å². The molecule has 0 atom stereocenters. The van der Waals surface area contributed by atoms with E-state index < -0.39 is 0 Å². The zero-order chi connectivity index (χ0) is 17.8. The summed E-state index contributed by atoms with van der Waals surface area (Å²) in [7, 11) is 0. The van der Waals surface area contributed by atoms with Crippen LogP contribution in [0, 0.1) is 6.92 Å². The van der Waals surface area contributed by atoms with Crippen LogP contribution in [0.5, 0.6) is 0 Å². The van der Waals surface area contributed by atoms with Gasteiger partial charge in [0.25, 0.3) is 0 Å². The second-order valence-corrected chi connectivity index (χ2v) is 6.98. The number of aryl methyl sites for hydroxylation is 1. The number of rotatable bonds is 5. The molecule has 3 rings (SSSR count). The summed E-state index contributed by atoms with van der Waals surface area (Å²) in [5.41, 5.74) is 4.34. The Morgan fingerprint density at radius 2 is 1.84 bits per heavy atom. The van der Waals surface area contributed by atoms with Gasteiger partial charge in [-0.3, -0.25) is 0 Å². The Bertz CT molecular complexity index is 879. The first-order valence-electron chi connectivity index (χ1n) is 8.12. The zero-order valence-corrected chi connectivity index (χ0v) is 16.0. The number of para-hydroxylation sites is 1. The van der Waals surface area contributed by atoms with Crippen LogP contribution in [0.25, 0.3) is 0 Å². The van der Waals surface area contributed by atoms with E-state index in [1.54, 1.807) is 6.20 Å². The van der Waals surface area contributed by atoms with Crippen molar-refractivity contribution in [2.24, 2.45) is 0 Å². The molecular weight excluding hydrogens is 378 g/mol. The van der Waals surface area contributed by atoms with Crippen molar-refractivity contribution in [3.63, 3.8) is 0 Å². The van der Waals surface area contributed by atoms with Crippen molar-refractivity contribution in [3.05, 3.63) is 64.3 Å². The molecule has 1 aromatic heterocycles. The van der Waals surface area contributed by atoms with E-state index in [4.69, 9.17) is 0 Å². The normalized spacial score (nSPS) is 10.8. The molecule has 0 aliphatic carbocycles. The van der Waals surface area contributed by atoms with Crippen LogP contribution in [-0.4, -0.2) is 15.2 Å². The Labute approximate surface area is 156 Å². The third-order valence-corrected chi connectivity index (χ3v) is 4.69. The number of aromatic nitrogens is 3. The molecule has 0 radical (unpaired) electrons. The van der Waals surface area contributed by atoms with Gasteiger partial charge in [0, 0.05) is 15.8 Å². The van der Waals surface area contributed by atoms with Crippen LogP contribution < -0.4 is 10.6 Å². The number of halogens is 1. The lowest BCUT2D eigenvalue weighted by molar-refractivity contribution is 0.868. The standard InChI is InChI=1S/C19H20BrN5/c1-12(2)15-6-4-5-7-17(15)23-18-11-21-25-19(24-18)22-14-9-8-13(3)16(20)10-14/h4-12H,1-3H3,(H2,22,23,24,25). The minimum atomic E-state index is 0.418. The number of benzene rings is 2. The highest BCUT2D eigenvalue weighted by molar-refractivity contribution is 9.10. The molecule has 0 bridgehead atoms. The minimum absolute atomic E-state index is 0.418. The molecule has 3 aromatic rings. The van der Waals surface area contributed by atoms with Crippen molar-refractivity contribution in [2.75, 3.05) is 10.6 Å². The van der Waals surface area contributed by atoms with Gasteiger partial charge in [0.1, 0.15) is 0 Å². The fourth-order valence-electron chi connectivity index (χ4n) is 2.47. The van der Waals surface area contributed by atoms with E-state index in [-0.39, 0.29) is 0 Å². The van der Waals surface area contributed by atoms with Crippen LogP contribution >= 0.6 is 15.9 Å². The number of hydrogen-bond acceptors (Lipinski definition) is 5. The maximum absolute atomic E-state index is 4.50. The third-order valence-electron chi connectivity index (χ3n) is 3.83. The number of hydrogen-bond donors (Lipinski definition) is 2. The SMILES string of the molecule is Cc1ccc(Nc2nncc(Nc3ccccc3C(C)C)n2)cc1Br. The van der Waals surface area contributed by atoms with Crippen LogP contribution in [0.4, 0.5) is 23.1 Å². The summed E-state index contributed by atoms with van der Waals surface area (Å²) < 4.78 is 1.03. The first-order valence-corrected chi connectivity index (χ1v) is 8.91. The molecule has 0 aliphatic heterocycles. The fraction of sp³-hybridized carbons (Fsp3) is 0.211. The molecule has 5 nitrogen and oxygen atoms in total. The Balaban J connectivity index is 1.81. The minimum Gasteiger partial charge on any atom is -0.339 e. The Hall–Kier alpha value is -2.47. The van der Waals surface area contributed by atoms with Crippen molar-refractivity contribution in [1.82, 2.24) is 15.2 Å². The predicted molar refractivity (Wildman–Crippen MR) is 106 cm³/mol. The van der Waals surface area contributed by atoms with Crippen molar-refractivity contribution < 1.29 is 0 Å². The Kier molecular flexibility index (Phi) is 5.28. The topological polar surface area (TPSA) is 62.7 Å². The van der Waals surface area contributed by atoms with Gasteiger partial charge in [-0.1, -0.05) is 54.0 Å². The molecule has 0 fully saturated rings. The second-order valence-electron chi connectivity index (χ2n) is 6.12. The molecule has 0 amide bonds. The highest BCUT2D eigenvalue weighted by atomic mass is 79.9. The third kappa shape index (κ3) is 4.33. The highest BCUT2D eigenvalue weighted by Gasteiger charge is 2.08. The molecule has 128 valence electrons. The van der Waals surface area contributed by atoms with Crippen LogP contribution in [0.15, 0.2) is 53.1 Å². The molecule has 25 heavy (non-hydrogen) atoms. The van der Waals surface area contributed by atoms with E-state index in [9.17, 15) is 0 Å². The average molecular weight is 398 g/mol. The van der Waals surface area contributed by atoms with E-state index in [2.05, 4.69) is 61.7 Å². The maximum atomic E-state index is 4.50. The molecule has 0 aliphatic rings. The van der Waals surface area contributed by atoms with Gasteiger partial charge in [0.05, 0.1) is 6.20 Å². The van der Waals surface area contributed by atoms with Gasteiger partial charge in [-0.15, -0.1) is 5.10 Å². The van der Waals surface area contributed by atoms with Gasteiger partial charge in [-0.2, -0.15) is 10.1 Å². The quantitative estimate of drug-likeness (QED) is 0.590. The summed E-state index contributed by atoms with van der Waals surface area (Å²) in [5.74, 6) is 1.51. The Morgan fingerprint density at radius 3 is 2.60 bits per heavy atom. The summed E-state index contributed by atoms with van der Waals surface area (Å²) in [5, 5.41) is 14.6. The molecule has 0 saturated heterocycles. The van der Waals surface area contributed by atoms with Crippen LogP contribution in [0.2, 0.25) is 0 Å². The molecule has 0 unspecified atom stereocenters. The van der Waals surface area contributed by atoms with Gasteiger partial charge < -0.3 is 10.6 Å². The first kappa shape index (κ1) is 17.4. The van der Waals surface area contributed by atoms with Crippen molar-refractivity contribution in [1.29, 1.82) is 0 Å². The molecule has 2 N–H and O–H groups in total. The molecule has 1 heterocycles. The lowest BCUT2D eigenvalue weighted by Crippen LogP contribution is -2.04. The molecule has 6 heteroatoms. The number of nitrogens with one attached hydrogen (secondary N) is 2. The summed E-state index contributed by atoms with van der Waals surface area (Å²) in [6.45, 7) is 6.38. The smallest absolute Gasteiger partial charge is 0.249 e. The van der Waals surface area contributed by atoms with E-state index in [1.807, 2.05) is 43.3 Å². The number of nitrogens with zero attached hydrogens (tertiary/aromatic N) is 3. The zero-order valence-electron chi connectivity index (χ0n) is 14.4. The first-order chi connectivity index (χ1) is 12.0. The van der Waals surface area contributed by atoms with Crippen LogP contribution in [-0.2, 0) is 0 Å². The Morgan fingerprint density at radius 1 is 1.04 bits per heavy atom. The van der Waals surface area contributed by atoms with Crippen LogP contribution in [0.1, 0.15) is 30.9 Å². The summed E-state index contributed by atoms with van der Waals surface area (Å²) in [6.07, 6.45) is 1.62. The van der Waals surface area contributed by atoms with Crippen molar-refractivity contribution in [2.45, 2.75) is 26.7 Å². The maximum Gasteiger partial charge on any atom is 0.249 e. The predicted octanol–water partition coefficient (Wildman–Crippen LogP) is 5.55. The summed E-state index contributed by atoms with van der Waals surface area (Å²) >= 11 is 3.53. The summed E-state index contributed by atoms with van der Waals surface area (Å²) in [4.78, 5) is 4.50. The second kappa shape index (κ2) is 7.61. The van der Waals surface area contributed by atoms with Gasteiger partial charge >= 0.3 is 0 Å². The number of anilines is 4. The van der Waals surface area contributed by atoms with E-state index >= 15 is 0 Å². The van der Waals surface area contributed by atoms with E-state index in [0.717, 1.165) is 15.8 Å². The van der Waals surface area contributed by atoms with Gasteiger partial charge in [0.15, 0.2) is 5.82 Å². The lowest BCUT2D eigenvalue weighted by Gasteiger charge is -2.14. The molecule has 0 spiro atoms.